The molecule has 0 atom stereocenters. The Kier molecular flexibility index (Phi) is 4.00. The van der Waals surface area contributed by atoms with Crippen LogP contribution >= 0.6 is 23.2 Å². The SMILES string of the molecule is Clc1cccc(-c2nc(Cl)nc(N3CCOCC3)n2)c1. The summed E-state index contributed by atoms with van der Waals surface area (Å²) < 4.78 is 5.32. The Labute approximate surface area is 126 Å². The first kappa shape index (κ1) is 13.5. The van der Waals surface area contributed by atoms with Gasteiger partial charge >= 0.3 is 0 Å². The molecule has 20 heavy (non-hydrogen) atoms. The number of hydrogen-bond donors (Lipinski definition) is 0. The Hall–Kier alpha value is -1.43. The molecule has 7 heteroatoms. The molecule has 2 aromatic rings. The molecule has 1 aliphatic rings. The van der Waals surface area contributed by atoms with Crippen LogP contribution in [0.3, 0.4) is 0 Å². The lowest BCUT2D eigenvalue weighted by atomic mass is 10.2. The van der Waals surface area contributed by atoms with E-state index in [0.717, 1.165) is 18.7 Å². The molecule has 1 fully saturated rings. The smallest absolute Gasteiger partial charge is 0.230 e. The molecule has 2 heterocycles. The lowest BCUT2D eigenvalue weighted by Crippen LogP contribution is -2.37. The summed E-state index contributed by atoms with van der Waals surface area (Å²) in [5, 5.41) is 0.809. The monoisotopic (exact) mass is 310 g/mol. The van der Waals surface area contributed by atoms with Gasteiger partial charge in [0.05, 0.1) is 13.2 Å². The van der Waals surface area contributed by atoms with E-state index in [1.807, 2.05) is 17.0 Å². The van der Waals surface area contributed by atoms with E-state index < -0.39 is 0 Å². The van der Waals surface area contributed by atoms with Crippen molar-refractivity contribution in [2.24, 2.45) is 0 Å². The highest BCUT2D eigenvalue weighted by Gasteiger charge is 2.16. The van der Waals surface area contributed by atoms with Crippen molar-refractivity contribution in [2.45, 2.75) is 0 Å². The van der Waals surface area contributed by atoms with Crippen LogP contribution in [0.4, 0.5) is 5.95 Å². The zero-order chi connectivity index (χ0) is 13.9. The number of anilines is 1. The van der Waals surface area contributed by atoms with E-state index in [4.69, 9.17) is 27.9 Å². The van der Waals surface area contributed by atoms with Crippen LogP contribution in [0.2, 0.25) is 10.3 Å². The van der Waals surface area contributed by atoms with Crippen LogP contribution in [0.1, 0.15) is 0 Å². The number of nitrogens with zero attached hydrogens (tertiary/aromatic N) is 4. The van der Waals surface area contributed by atoms with Crippen molar-refractivity contribution in [3.63, 3.8) is 0 Å². The van der Waals surface area contributed by atoms with Crippen molar-refractivity contribution in [3.8, 4) is 11.4 Å². The van der Waals surface area contributed by atoms with Gasteiger partial charge in [-0.2, -0.15) is 15.0 Å². The van der Waals surface area contributed by atoms with Crippen LogP contribution < -0.4 is 4.90 Å². The topological polar surface area (TPSA) is 51.1 Å². The summed E-state index contributed by atoms with van der Waals surface area (Å²) in [6, 6.07) is 7.34. The van der Waals surface area contributed by atoms with E-state index in [2.05, 4.69) is 15.0 Å². The molecule has 1 saturated heterocycles. The Balaban J connectivity index is 1.97. The van der Waals surface area contributed by atoms with Gasteiger partial charge in [0.2, 0.25) is 11.2 Å². The van der Waals surface area contributed by atoms with E-state index in [0.29, 0.717) is 30.0 Å². The van der Waals surface area contributed by atoms with Crippen molar-refractivity contribution in [3.05, 3.63) is 34.6 Å². The Morgan fingerprint density at radius 3 is 2.60 bits per heavy atom. The van der Waals surface area contributed by atoms with Gasteiger partial charge in [0, 0.05) is 23.7 Å². The highest BCUT2D eigenvalue weighted by atomic mass is 35.5. The van der Waals surface area contributed by atoms with Crippen LogP contribution in [0, 0.1) is 0 Å². The molecule has 0 saturated carbocycles. The molecule has 1 aliphatic heterocycles. The second-order valence-corrected chi connectivity index (χ2v) is 5.11. The third-order valence-corrected chi connectivity index (χ3v) is 3.38. The number of morpholine rings is 1. The maximum Gasteiger partial charge on any atom is 0.230 e. The average Bonchev–Trinajstić information content (AvgIpc) is 2.47. The summed E-state index contributed by atoms with van der Waals surface area (Å²) in [6.45, 7) is 2.82. The Bertz CT molecular complexity index is 617. The minimum atomic E-state index is 0.177. The van der Waals surface area contributed by atoms with Gasteiger partial charge in [-0.05, 0) is 23.7 Å². The van der Waals surface area contributed by atoms with E-state index in [-0.39, 0.29) is 5.28 Å². The minimum Gasteiger partial charge on any atom is -0.378 e. The molecule has 5 nitrogen and oxygen atoms in total. The first-order chi connectivity index (χ1) is 9.72. The third-order valence-electron chi connectivity index (χ3n) is 2.97. The second kappa shape index (κ2) is 5.91. The Morgan fingerprint density at radius 1 is 1.05 bits per heavy atom. The maximum absolute atomic E-state index is 6.01. The van der Waals surface area contributed by atoms with Gasteiger partial charge in [-0.25, -0.2) is 0 Å². The highest BCUT2D eigenvalue weighted by molar-refractivity contribution is 6.30. The van der Waals surface area contributed by atoms with Crippen LogP contribution in [0.25, 0.3) is 11.4 Å². The fourth-order valence-corrected chi connectivity index (χ4v) is 2.35. The van der Waals surface area contributed by atoms with Crippen molar-refractivity contribution in [1.29, 1.82) is 0 Å². The van der Waals surface area contributed by atoms with Gasteiger partial charge in [-0.1, -0.05) is 23.7 Å². The first-order valence-electron chi connectivity index (χ1n) is 6.22. The third kappa shape index (κ3) is 3.00. The van der Waals surface area contributed by atoms with Crippen LogP contribution in [-0.4, -0.2) is 41.3 Å². The molecule has 0 unspecified atom stereocenters. The van der Waals surface area contributed by atoms with Crippen molar-refractivity contribution in [1.82, 2.24) is 15.0 Å². The summed E-state index contributed by atoms with van der Waals surface area (Å²) in [7, 11) is 0. The molecule has 1 aromatic carbocycles. The average molecular weight is 311 g/mol. The highest BCUT2D eigenvalue weighted by Crippen LogP contribution is 2.22. The number of rotatable bonds is 2. The van der Waals surface area contributed by atoms with Crippen molar-refractivity contribution >= 4 is 29.2 Å². The molecule has 0 radical (unpaired) electrons. The van der Waals surface area contributed by atoms with Gasteiger partial charge in [-0.15, -0.1) is 0 Å². The zero-order valence-electron chi connectivity index (χ0n) is 10.6. The van der Waals surface area contributed by atoms with Crippen LogP contribution in [0.5, 0.6) is 0 Å². The van der Waals surface area contributed by atoms with E-state index in [1.165, 1.54) is 0 Å². The number of aromatic nitrogens is 3. The largest absolute Gasteiger partial charge is 0.378 e. The lowest BCUT2D eigenvalue weighted by molar-refractivity contribution is 0.122. The maximum atomic E-state index is 6.01. The molecule has 0 amide bonds. The van der Waals surface area contributed by atoms with Crippen LogP contribution in [-0.2, 0) is 4.74 Å². The quantitative estimate of drug-likeness (QED) is 0.853. The molecule has 0 bridgehead atoms. The number of hydrogen-bond acceptors (Lipinski definition) is 5. The molecular weight excluding hydrogens is 299 g/mol. The fourth-order valence-electron chi connectivity index (χ4n) is 2.00. The van der Waals surface area contributed by atoms with Gasteiger partial charge < -0.3 is 9.64 Å². The molecule has 1 aromatic heterocycles. The summed E-state index contributed by atoms with van der Waals surface area (Å²) in [5.41, 5.74) is 0.816. The molecular formula is C13H12Cl2N4O. The Morgan fingerprint density at radius 2 is 1.85 bits per heavy atom. The molecule has 0 spiro atoms. The predicted octanol–water partition coefficient (Wildman–Crippen LogP) is 2.68. The molecule has 3 rings (SSSR count). The minimum absolute atomic E-state index is 0.177. The first-order valence-corrected chi connectivity index (χ1v) is 6.98. The predicted molar refractivity (Wildman–Crippen MR) is 78.3 cm³/mol. The van der Waals surface area contributed by atoms with Crippen molar-refractivity contribution < 1.29 is 4.74 Å². The van der Waals surface area contributed by atoms with Crippen molar-refractivity contribution in [2.75, 3.05) is 31.2 Å². The van der Waals surface area contributed by atoms with Crippen LogP contribution in [0.15, 0.2) is 24.3 Å². The number of halogens is 2. The normalized spacial score (nSPS) is 15.4. The molecule has 0 aliphatic carbocycles. The van der Waals surface area contributed by atoms with E-state index in [1.54, 1.807) is 12.1 Å². The summed E-state index contributed by atoms with van der Waals surface area (Å²) in [4.78, 5) is 14.9. The van der Waals surface area contributed by atoms with Gasteiger partial charge in [0.1, 0.15) is 0 Å². The zero-order valence-corrected chi connectivity index (χ0v) is 12.1. The van der Waals surface area contributed by atoms with Gasteiger partial charge in [0.15, 0.2) is 5.82 Å². The molecule has 0 N–H and O–H groups in total. The van der Waals surface area contributed by atoms with E-state index >= 15 is 0 Å². The summed E-state index contributed by atoms with van der Waals surface area (Å²) in [6.07, 6.45) is 0. The lowest BCUT2D eigenvalue weighted by Gasteiger charge is -2.26. The standard InChI is InChI=1S/C13H12Cl2N4O/c14-10-3-1-2-9(8-10)11-16-12(15)18-13(17-11)19-4-6-20-7-5-19/h1-3,8H,4-7H2. The second-order valence-electron chi connectivity index (χ2n) is 4.34. The fraction of sp³-hybridized carbons (Fsp3) is 0.308. The summed E-state index contributed by atoms with van der Waals surface area (Å²) >= 11 is 12.0. The summed E-state index contributed by atoms with van der Waals surface area (Å²) in [5.74, 6) is 1.09. The molecule has 104 valence electrons. The number of benzene rings is 1. The number of ether oxygens (including phenoxy) is 1. The van der Waals surface area contributed by atoms with Gasteiger partial charge in [-0.3, -0.25) is 0 Å². The van der Waals surface area contributed by atoms with E-state index in [9.17, 15) is 0 Å². The van der Waals surface area contributed by atoms with Gasteiger partial charge in [0.25, 0.3) is 0 Å².